The zero-order chi connectivity index (χ0) is 8.32. The van der Waals surface area contributed by atoms with Crippen molar-refractivity contribution in [2.45, 2.75) is 32.3 Å². The Hall–Kier alpha value is -0.570. The van der Waals surface area contributed by atoms with Crippen LogP contribution in [0.1, 0.15) is 26.7 Å². The summed E-state index contributed by atoms with van der Waals surface area (Å²) in [4.78, 5) is 0. The predicted octanol–water partition coefficient (Wildman–Crippen LogP) is 1.65. The fraction of sp³-hybridized carbons (Fsp3) is 0.875. The monoisotopic (exact) mass is 157 g/mol. The van der Waals surface area contributed by atoms with Crippen LogP contribution in [0.5, 0.6) is 0 Å². The molecule has 0 aromatic rings. The van der Waals surface area contributed by atoms with Gasteiger partial charge in [-0.25, -0.2) is 0 Å². The van der Waals surface area contributed by atoms with E-state index in [4.69, 9.17) is 9.94 Å². The van der Waals surface area contributed by atoms with E-state index in [9.17, 15) is 0 Å². The lowest BCUT2D eigenvalue weighted by Gasteiger charge is -2.33. The number of hydrogen-bond donors (Lipinski definition) is 1. The molecule has 3 heteroatoms. The van der Waals surface area contributed by atoms with Crippen LogP contribution in [-0.4, -0.2) is 23.6 Å². The summed E-state index contributed by atoms with van der Waals surface area (Å²) in [6.07, 6.45) is 3.51. The standard InChI is InChI=1S/C8H15NO2/c1-8(2)5-7(6-9-10)3-4-11-8/h6-7,10H,3-5H2,1-2H3/b9-6-/t7-/m1/s1. The zero-order valence-corrected chi connectivity index (χ0v) is 7.08. The first-order chi connectivity index (χ1) is 5.14. The normalized spacial score (nSPS) is 30.9. The van der Waals surface area contributed by atoms with Gasteiger partial charge in [-0.05, 0) is 26.7 Å². The molecule has 1 atom stereocenters. The van der Waals surface area contributed by atoms with Crippen molar-refractivity contribution in [3.63, 3.8) is 0 Å². The van der Waals surface area contributed by atoms with E-state index in [2.05, 4.69) is 19.0 Å². The molecule has 1 saturated heterocycles. The number of hydrogen-bond acceptors (Lipinski definition) is 3. The molecule has 0 aromatic heterocycles. The second-order valence-electron chi connectivity index (χ2n) is 3.63. The summed E-state index contributed by atoms with van der Waals surface area (Å²) < 4.78 is 5.50. The molecule has 1 heterocycles. The van der Waals surface area contributed by atoms with Crippen LogP contribution >= 0.6 is 0 Å². The molecule has 3 nitrogen and oxygen atoms in total. The molecule has 0 bridgehead atoms. The van der Waals surface area contributed by atoms with E-state index in [0.29, 0.717) is 5.92 Å². The zero-order valence-electron chi connectivity index (χ0n) is 7.08. The van der Waals surface area contributed by atoms with E-state index in [1.807, 2.05) is 0 Å². The topological polar surface area (TPSA) is 41.8 Å². The molecule has 0 unspecified atom stereocenters. The number of rotatable bonds is 1. The van der Waals surface area contributed by atoms with Crippen LogP contribution in [0.25, 0.3) is 0 Å². The van der Waals surface area contributed by atoms with Gasteiger partial charge in [0.25, 0.3) is 0 Å². The lowest BCUT2D eigenvalue weighted by Crippen LogP contribution is -2.34. The van der Waals surface area contributed by atoms with Crippen molar-refractivity contribution in [2.75, 3.05) is 6.61 Å². The molecular weight excluding hydrogens is 142 g/mol. The van der Waals surface area contributed by atoms with Crippen LogP contribution in [0.3, 0.4) is 0 Å². The van der Waals surface area contributed by atoms with Gasteiger partial charge in [-0.1, -0.05) is 0 Å². The minimum atomic E-state index is -0.0515. The molecule has 1 aliphatic heterocycles. The van der Waals surface area contributed by atoms with Crippen LogP contribution in [0, 0.1) is 5.92 Å². The Morgan fingerprint density at radius 3 is 2.91 bits per heavy atom. The molecule has 0 saturated carbocycles. The third-order valence-electron chi connectivity index (χ3n) is 2.01. The van der Waals surface area contributed by atoms with Gasteiger partial charge in [0.2, 0.25) is 0 Å². The average Bonchev–Trinajstić information content (AvgIpc) is 1.85. The summed E-state index contributed by atoms with van der Waals surface area (Å²) >= 11 is 0. The lowest BCUT2D eigenvalue weighted by molar-refractivity contribution is -0.0610. The van der Waals surface area contributed by atoms with E-state index < -0.39 is 0 Å². The predicted molar refractivity (Wildman–Crippen MR) is 43.0 cm³/mol. The van der Waals surface area contributed by atoms with Crippen molar-refractivity contribution in [3.8, 4) is 0 Å². The molecule has 1 rings (SSSR count). The molecule has 0 radical (unpaired) electrons. The van der Waals surface area contributed by atoms with Gasteiger partial charge in [-0.15, -0.1) is 5.16 Å². The Kier molecular flexibility index (Phi) is 2.49. The van der Waals surface area contributed by atoms with Crippen molar-refractivity contribution in [1.29, 1.82) is 0 Å². The lowest BCUT2D eigenvalue weighted by atomic mass is 9.89. The van der Waals surface area contributed by atoms with Gasteiger partial charge in [0, 0.05) is 18.7 Å². The molecule has 64 valence electrons. The van der Waals surface area contributed by atoms with Crippen molar-refractivity contribution < 1.29 is 9.94 Å². The van der Waals surface area contributed by atoms with Crippen LogP contribution in [0.15, 0.2) is 5.16 Å². The van der Waals surface area contributed by atoms with Gasteiger partial charge >= 0.3 is 0 Å². The van der Waals surface area contributed by atoms with Crippen molar-refractivity contribution in [3.05, 3.63) is 0 Å². The summed E-state index contributed by atoms with van der Waals surface area (Å²) in [5, 5.41) is 11.4. The Balaban J connectivity index is 2.46. The maximum atomic E-state index is 8.32. The molecule has 11 heavy (non-hydrogen) atoms. The average molecular weight is 157 g/mol. The number of nitrogens with zero attached hydrogens (tertiary/aromatic N) is 1. The highest BCUT2D eigenvalue weighted by atomic mass is 16.5. The molecule has 0 aliphatic carbocycles. The second kappa shape index (κ2) is 3.22. The first-order valence-corrected chi connectivity index (χ1v) is 3.95. The summed E-state index contributed by atoms with van der Waals surface area (Å²) in [7, 11) is 0. The van der Waals surface area contributed by atoms with Crippen LogP contribution in [0.4, 0.5) is 0 Å². The van der Waals surface area contributed by atoms with E-state index in [1.165, 1.54) is 0 Å². The maximum Gasteiger partial charge on any atom is 0.0632 e. The van der Waals surface area contributed by atoms with Gasteiger partial charge in [0.1, 0.15) is 0 Å². The van der Waals surface area contributed by atoms with Crippen LogP contribution < -0.4 is 0 Å². The molecule has 1 N–H and O–H groups in total. The molecule has 1 fully saturated rings. The quantitative estimate of drug-likeness (QED) is 0.357. The van der Waals surface area contributed by atoms with Crippen molar-refractivity contribution >= 4 is 6.21 Å². The van der Waals surface area contributed by atoms with Gasteiger partial charge in [-0.2, -0.15) is 0 Å². The van der Waals surface area contributed by atoms with Gasteiger partial charge < -0.3 is 9.94 Å². The minimum absolute atomic E-state index is 0.0515. The molecular formula is C8H15NO2. The fourth-order valence-electron chi connectivity index (χ4n) is 1.50. The first-order valence-electron chi connectivity index (χ1n) is 3.95. The Morgan fingerprint density at radius 2 is 2.36 bits per heavy atom. The highest BCUT2D eigenvalue weighted by molar-refractivity contribution is 5.60. The van der Waals surface area contributed by atoms with E-state index >= 15 is 0 Å². The maximum absolute atomic E-state index is 8.32. The van der Waals surface area contributed by atoms with Gasteiger partial charge in [0.05, 0.1) is 5.60 Å². The molecule has 0 aromatic carbocycles. The molecule has 0 spiro atoms. The van der Waals surface area contributed by atoms with Crippen molar-refractivity contribution in [1.82, 2.24) is 0 Å². The number of ether oxygens (including phenoxy) is 1. The summed E-state index contributed by atoms with van der Waals surface area (Å²) in [5.41, 5.74) is -0.0515. The van der Waals surface area contributed by atoms with Crippen molar-refractivity contribution in [2.24, 2.45) is 11.1 Å². The summed E-state index contributed by atoms with van der Waals surface area (Å²) in [6, 6.07) is 0. The molecule has 0 amide bonds. The summed E-state index contributed by atoms with van der Waals surface area (Å²) in [6.45, 7) is 4.89. The second-order valence-corrected chi connectivity index (χ2v) is 3.63. The van der Waals surface area contributed by atoms with Gasteiger partial charge in [-0.3, -0.25) is 0 Å². The van der Waals surface area contributed by atoms with Crippen LogP contribution in [0.2, 0.25) is 0 Å². The Labute approximate surface area is 67.0 Å². The fourth-order valence-corrected chi connectivity index (χ4v) is 1.50. The highest BCUT2D eigenvalue weighted by Gasteiger charge is 2.27. The smallest absolute Gasteiger partial charge is 0.0632 e. The van der Waals surface area contributed by atoms with Gasteiger partial charge in [0.15, 0.2) is 0 Å². The Bertz CT molecular complexity index is 154. The first kappa shape index (κ1) is 8.53. The van der Waals surface area contributed by atoms with E-state index in [-0.39, 0.29) is 5.60 Å². The molecule has 1 aliphatic rings. The SMILES string of the molecule is CC1(C)C[C@H](/C=N\O)CCO1. The third kappa shape index (κ3) is 2.50. The number of oxime groups is 1. The Morgan fingerprint density at radius 1 is 1.64 bits per heavy atom. The minimum Gasteiger partial charge on any atom is -0.411 e. The van der Waals surface area contributed by atoms with E-state index in [0.717, 1.165) is 19.4 Å². The highest BCUT2D eigenvalue weighted by Crippen LogP contribution is 2.27. The third-order valence-corrected chi connectivity index (χ3v) is 2.01. The largest absolute Gasteiger partial charge is 0.411 e. The summed E-state index contributed by atoms with van der Waals surface area (Å²) in [5.74, 6) is 0.378. The van der Waals surface area contributed by atoms with Crippen LogP contribution in [-0.2, 0) is 4.74 Å². The van der Waals surface area contributed by atoms with E-state index in [1.54, 1.807) is 6.21 Å².